The second-order valence-corrected chi connectivity index (χ2v) is 5.55. The Balaban J connectivity index is 1.92. The van der Waals surface area contributed by atoms with Gasteiger partial charge < -0.3 is 11.1 Å². The van der Waals surface area contributed by atoms with Crippen LogP contribution in [-0.2, 0) is 0 Å². The molecule has 104 valence electrons. The van der Waals surface area contributed by atoms with Crippen molar-refractivity contribution in [1.29, 1.82) is 0 Å². The van der Waals surface area contributed by atoms with Crippen molar-refractivity contribution in [1.82, 2.24) is 0 Å². The first-order valence-corrected chi connectivity index (χ1v) is 6.84. The molecular formula is C14H21N3O2. The molecule has 2 atom stereocenters. The number of anilines is 2. The number of nitro groups is 1. The highest BCUT2D eigenvalue weighted by Crippen LogP contribution is 2.29. The van der Waals surface area contributed by atoms with E-state index in [0.29, 0.717) is 5.92 Å². The third kappa shape index (κ3) is 3.59. The highest BCUT2D eigenvalue weighted by atomic mass is 16.6. The van der Waals surface area contributed by atoms with Crippen molar-refractivity contribution in [2.45, 2.75) is 32.6 Å². The van der Waals surface area contributed by atoms with E-state index in [2.05, 4.69) is 12.2 Å². The molecule has 1 aliphatic carbocycles. The summed E-state index contributed by atoms with van der Waals surface area (Å²) < 4.78 is 0. The van der Waals surface area contributed by atoms with Crippen LogP contribution in [0.3, 0.4) is 0 Å². The molecule has 2 rings (SSSR count). The van der Waals surface area contributed by atoms with Gasteiger partial charge in [-0.15, -0.1) is 0 Å². The molecule has 19 heavy (non-hydrogen) atoms. The average molecular weight is 263 g/mol. The van der Waals surface area contributed by atoms with Gasteiger partial charge in [-0.2, -0.15) is 0 Å². The number of hydrogen-bond donors (Lipinski definition) is 2. The van der Waals surface area contributed by atoms with Gasteiger partial charge in [-0.05, 0) is 36.8 Å². The summed E-state index contributed by atoms with van der Waals surface area (Å²) in [6.45, 7) is 3.22. The molecule has 0 aromatic heterocycles. The minimum Gasteiger partial charge on any atom is -0.393 e. The highest BCUT2D eigenvalue weighted by molar-refractivity contribution is 5.65. The molecule has 0 spiro atoms. The van der Waals surface area contributed by atoms with Gasteiger partial charge in [-0.25, -0.2) is 0 Å². The summed E-state index contributed by atoms with van der Waals surface area (Å²) in [5.41, 5.74) is 6.72. The number of nitrogen functional groups attached to an aromatic ring is 1. The van der Waals surface area contributed by atoms with Crippen molar-refractivity contribution < 1.29 is 4.92 Å². The molecule has 0 heterocycles. The molecule has 2 unspecified atom stereocenters. The SMILES string of the molecule is CC1CCCC(CNc2ccc([N+](=O)[O-])c(N)c2)C1. The quantitative estimate of drug-likeness (QED) is 0.495. The minimum absolute atomic E-state index is 0.0307. The van der Waals surface area contributed by atoms with Gasteiger partial charge in [0.1, 0.15) is 5.69 Å². The first-order valence-electron chi connectivity index (χ1n) is 6.84. The van der Waals surface area contributed by atoms with Gasteiger partial charge >= 0.3 is 0 Å². The van der Waals surface area contributed by atoms with Crippen molar-refractivity contribution in [2.75, 3.05) is 17.6 Å². The molecule has 1 saturated carbocycles. The zero-order chi connectivity index (χ0) is 13.8. The standard InChI is InChI=1S/C14H21N3O2/c1-10-3-2-4-11(7-10)9-16-12-5-6-14(17(18)19)13(15)8-12/h5-6,8,10-11,16H,2-4,7,9,15H2,1H3. The fourth-order valence-corrected chi connectivity index (χ4v) is 2.84. The van der Waals surface area contributed by atoms with Gasteiger partial charge in [0.15, 0.2) is 0 Å². The average Bonchev–Trinajstić information content (AvgIpc) is 2.36. The maximum Gasteiger partial charge on any atom is 0.292 e. The Morgan fingerprint density at radius 2 is 2.26 bits per heavy atom. The van der Waals surface area contributed by atoms with Crippen LogP contribution in [0.1, 0.15) is 32.6 Å². The van der Waals surface area contributed by atoms with Crippen LogP contribution in [0.2, 0.25) is 0 Å². The first kappa shape index (κ1) is 13.6. The van der Waals surface area contributed by atoms with Gasteiger partial charge in [0.2, 0.25) is 0 Å². The van der Waals surface area contributed by atoms with E-state index in [9.17, 15) is 10.1 Å². The molecule has 1 aliphatic rings. The van der Waals surface area contributed by atoms with E-state index in [-0.39, 0.29) is 11.4 Å². The topological polar surface area (TPSA) is 81.2 Å². The molecule has 0 amide bonds. The third-order valence-corrected chi connectivity index (χ3v) is 3.86. The van der Waals surface area contributed by atoms with E-state index in [4.69, 9.17) is 5.73 Å². The van der Waals surface area contributed by atoms with Crippen LogP contribution >= 0.6 is 0 Å². The highest BCUT2D eigenvalue weighted by Gasteiger charge is 2.18. The van der Waals surface area contributed by atoms with Gasteiger partial charge in [-0.3, -0.25) is 10.1 Å². The number of benzene rings is 1. The number of hydrogen-bond acceptors (Lipinski definition) is 4. The first-order chi connectivity index (χ1) is 9.06. The van der Waals surface area contributed by atoms with Crippen molar-refractivity contribution in [3.63, 3.8) is 0 Å². The second-order valence-electron chi connectivity index (χ2n) is 5.55. The lowest BCUT2D eigenvalue weighted by molar-refractivity contribution is -0.383. The summed E-state index contributed by atoms with van der Waals surface area (Å²) in [6, 6.07) is 4.83. The molecule has 1 aromatic rings. The fourth-order valence-electron chi connectivity index (χ4n) is 2.84. The van der Waals surface area contributed by atoms with E-state index < -0.39 is 4.92 Å². The van der Waals surface area contributed by atoms with Gasteiger partial charge in [0.25, 0.3) is 5.69 Å². The predicted molar refractivity (Wildman–Crippen MR) is 77.1 cm³/mol. The Morgan fingerprint density at radius 3 is 2.89 bits per heavy atom. The van der Waals surface area contributed by atoms with E-state index in [0.717, 1.165) is 18.2 Å². The largest absolute Gasteiger partial charge is 0.393 e. The van der Waals surface area contributed by atoms with E-state index in [1.54, 1.807) is 12.1 Å². The monoisotopic (exact) mass is 263 g/mol. The van der Waals surface area contributed by atoms with Gasteiger partial charge in [0.05, 0.1) is 4.92 Å². The summed E-state index contributed by atoms with van der Waals surface area (Å²) in [5.74, 6) is 1.50. The molecule has 0 saturated heterocycles. The summed E-state index contributed by atoms with van der Waals surface area (Å²) in [5, 5.41) is 14.0. The van der Waals surface area contributed by atoms with E-state index in [1.165, 1.54) is 31.7 Å². The Morgan fingerprint density at radius 1 is 1.47 bits per heavy atom. The van der Waals surface area contributed by atoms with E-state index in [1.807, 2.05) is 0 Å². The second kappa shape index (κ2) is 5.91. The fraction of sp³-hybridized carbons (Fsp3) is 0.571. The lowest BCUT2D eigenvalue weighted by Crippen LogP contribution is -2.21. The Kier molecular flexibility index (Phi) is 4.24. The Bertz CT molecular complexity index is 462. The Labute approximate surface area is 113 Å². The van der Waals surface area contributed by atoms with Gasteiger partial charge in [0, 0.05) is 18.3 Å². The maximum atomic E-state index is 10.7. The van der Waals surface area contributed by atoms with Crippen LogP contribution in [0, 0.1) is 22.0 Å². The molecule has 0 aliphatic heterocycles. The molecular weight excluding hydrogens is 242 g/mol. The molecule has 5 nitrogen and oxygen atoms in total. The van der Waals surface area contributed by atoms with Crippen LogP contribution in [0.4, 0.5) is 17.1 Å². The lowest BCUT2D eigenvalue weighted by atomic mass is 9.82. The number of nitro benzene ring substituents is 1. The van der Waals surface area contributed by atoms with Crippen LogP contribution in [0.15, 0.2) is 18.2 Å². The molecule has 1 fully saturated rings. The number of nitrogens with zero attached hydrogens (tertiary/aromatic N) is 1. The zero-order valence-electron chi connectivity index (χ0n) is 11.3. The van der Waals surface area contributed by atoms with Crippen LogP contribution in [-0.4, -0.2) is 11.5 Å². The smallest absolute Gasteiger partial charge is 0.292 e. The lowest BCUT2D eigenvalue weighted by Gasteiger charge is -2.27. The molecule has 1 aromatic carbocycles. The van der Waals surface area contributed by atoms with Crippen LogP contribution < -0.4 is 11.1 Å². The third-order valence-electron chi connectivity index (χ3n) is 3.86. The molecule has 3 N–H and O–H groups in total. The summed E-state index contributed by atoms with van der Waals surface area (Å²) >= 11 is 0. The summed E-state index contributed by atoms with van der Waals surface area (Å²) in [7, 11) is 0. The Hall–Kier alpha value is -1.78. The van der Waals surface area contributed by atoms with Crippen LogP contribution in [0.5, 0.6) is 0 Å². The molecule has 5 heteroatoms. The number of nitrogens with one attached hydrogen (secondary N) is 1. The maximum absolute atomic E-state index is 10.7. The zero-order valence-corrected chi connectivity index (χ0v) is 11.3. The number of rotatable bonds is 4. The van der Waals surface area contributed by atoms with Crippen LogP contribution in [0.25, 0.3) is 0 Å². The van der Waals surface area contributed by atoms with Crippen molar-refractivity contribution in [3.05, 3.63) is 28.3 Å². The van der Waals surface area contributed by atoms with E-state index >= 15 is 0 Å². The van der Waals surface area contributed by atoms with Crippen molar-refractivity contribution in [2.24, 2.45) is 11.8 Å². The van der Waals surface area contributed by atoms with Crippen molar-refractivity contribution in [3.8, 4) is 0 Å². The molecule has 0 radical (unpaired) electrons. The van der Waals surface area contributed by atoms with Crippen molar-refractivity contribution >= 4 is 17.1 Å². The minimum atomic E-state index is -0.456. The summed E-state index contributed by atoms with van der Waals surface area (Å²) in [6.07, 6.45) is 5.16. The summed E-state index contributed by atoms with van der Waals surface area (Å²) in [4.78, 5) is 10.2. The predicted octanol–water partition coefficient (Wildman–Crippen LogP) is 3.42. The number of nitrogens with two attached hydrogens (primary N) is 1. The normalized spacial score (nSPS) is 23.0. The van der Waals surface area contributed by atoms with Gasteiger partial charge in [-0.1, -0.05) is 19.8 Å². The molecule has 0 bridgehead atoms.